The third-order valence-electron chi connectivity index (χ3n) is 3.81. The molecule has 0 heterocycles. The van der Waals surface area contributed by atoms with E-state index in [-0.39, 0.29) is 5.41 Å². The Morgan fingerprint density at radius 1 is 1.17 bits per heavy atom. The van der Waals surface area contributed by atoms with E-state index in [2.05, 4.69) is 50.4 Å². The van der Waals surface area contributed by atoms with Gasteiger partial charge in [0.05, 0.1) is 0 Å². The lowest BCUT2D eigenvalue weighted by molar-refractivity contribution is 0.409. The minimum Gasteiger partial charge on any atom is -0.382 e. The lowest BCUT2D eigenvalue weighted by Gasteiger charge is -2.31. The normalized spacial score (nSPS) is 24.9. The van der Waals surface area contributed by atoms with Gasteiger partial charge in [0.15, 0.2) is 0 Å². The number of anilines is 1. The molecule has 100 valence electrons. The van der Waals surface area contributed by atoms with Gasteiger partial charge in [-0.25, -0.2) is 0 Å². The molecule has 2 heteroatoms. The molecule has 2 atom stereocenters. The Morgan fingerprint density at radius 3 is 2.56 bits per heavy atom. The van der Waals surface area contributed by atoms with Crippen LogP contribution in [0.1, 0.15) is 52.0 Å². The molecule has 0 bridgehead atoms. The fraction of sp³-hybridized carbons (Fsp3) is 0.625. The van der Waals surface area contributed by atoms with Crippen LogP contribution in [0.3, 0.4) is 0 Å². The van der Waals surface area contributed by atoms with Crippen molar-refractivity contribution in [3.05, 3.63) is 29.8 Å². The van der Waals surface area contributed by atoms with Crippen LogP contribution in [-0.2, 0) is 5.41 Å². The van der Waals surface area contributed by atoms with Crippen LogP contribution in [-0.4, -0.2) is 12.1 Å². The molecule has 0 amide bonds. The van der Waals surface area contributed by atoms with E-state index in [1.807, 2.05) is 0 Å². The number of benzene rings is 1. The van der Waals surface area contributed by atoms with E-state index < -0.39 is 0 Å². The average molecular weight is 246 g/mol. The van der Waals surface area contributed by atoms with E-state index in [0.29, 0.717) is 12.1 Å². The quantitative estimate of drug-likeness (QED) is 0.835. The van der Waals surface area contributed by atoms with E-state index in [0.717, 1.165) is 6.42 Å². The Balaban J connectivity index is 2.13. The van der Waals surface area contributed by atoms with Crippen molar-refractivity contribution in [1.82, 2.24) is 0 Å². The van der Waals surface area contributed by atoms with Crippen molar-refractivity contribution in [3.63, 3.8) is 0 Å². The van der Waals surface area contributed by atoms with Crippen LogP contribution in [0.15, 0.2) is 24.3 Å². The highest BCUT2D eigenvalue weighted by Gasteiger charge is 2.22. The van der Waals surface area contributed by atoms with E-state index >= 15 is 0 Å². The Hall–Kier alpha value is -1.02. The maximum absolute atomic E-state index is 6.06. The van der Waals surface area contributed by atoms with E-state index in [9.17, 15) is 0 Å². The second-order valence-corrected chi connectivity index (χ2v) is 6.56. The summed E-state index contributed by atoms with van der Waals surface area (Å²) in [7, 11) is 0. The molecule has 1 fully saturated rings. The monoisotopic (exact) mass is 246 g/mol. The Labute approximate surface area is 111 Å². The summed E-state index contributed by atoms with van der Waals surface area (Å²) in [6.45, 7) is 6.79. The topological polar surface area (TPSA) is 38.0 Å². The molecule has 2 unspecified atom stereocenters. The molecule has 1 aliphatic rings. The summed E-state index contributed by atoms with van der Waals surface area (Å²) in [5, 5.41) is 3.71. The lowest BCUT2D eigenvalue weighted by Crippen LogP contribution is -2.35. The van der Waals surface area contributed by atoms with E-state index in [1.165, 1.54) is 30.5 Å². The minimum absolute atomic E-state index is 0.181. The van der Waals surface area contributed by atoms with Gasteiger partial charge in [-0.05, 0) is 42.7 Å². The summed E-state index contributed by atoms with van der Waals surface area (Å²) in [6.07, 6.45) is 4.76. The Bertz CT molecular complexity index is 392. The van der Waals surface area contributed by atoms with Gasteiger partial charge in [-0.15, -0.1) is 0 Å². The third kappa shape index (κ3) is 3.26. The van der Waals surface area contributed by atoms with Crippen molar-refractivity contribution >= 4 is 5.69 Å². The van der Waals surface area contributed by atoms with Gasteiger partial charge >= 0.3 is 0 Å². The molecule has 18 heavy (non-hydrogen) atoms. The lowest BCUT2D eigenvalue weighted by atomic mass is 9.85. The summed E-state index contributed by atoms with van der Waals surface area (Å²) in [4.78, 5) is 0. The Morgan fingerprint density at radius 2 is 1.89 bits per heavy atom. The Kier molecular flexibility index (Phi) is 3.96. The first-order chi connectivity index (χ1) is 8.47. The van der Waals surface area contributed by atoms with Crippen molar-refractivity contribution < 1.29 is 0 Å². The van der Waals surface area contributed by atoms with Gasteiger partial charge in [-0.2, -0.15) is 0 Å². The molecule has 1 saturated carbocycles. The second-order valence-electron chi connectivity index (χ2n) is 6.56. The predicted molar refractivity (Wildman–Crippen MR) is 79.0 cm³/mol. The molecule has 0 saturated heterocycles. The van der Waals surface area contributed by atoms with Crippen LogP contribution in [0.5, 0.6) is 0 Å². The fourth-order valence-corrected chi connectivity index (χ4v) is 2.84. The number of rotatable bonds is 2. The maximum Gasteiger partial charge on any atom is 0.0380 e. The fourth-order valence-electron chi connectivity index (χ4n) is 2.84. The number of nitrogens with one attached hydrogen (secondary N) is 1. The maximum atomic E-state index is 6.06. The van der Waals surface area contributed by atoms with Gasteiger partial charge in [0.1, 0.15) is 0 Å². The first-order valence-electron chi connectivity index (χ1n) is 7.08. The molecule has 1 aromatic carbocycles. The van der Waals surface area contributed by atoms with Crippen molar-refractivity contribution in [2.24, 2.45) is 5.73 Å². The zero-order chi connectivity index (χ0) is 13.2. The molecule has 0 radical (unpaired) electrons. The van der Waals surface area contributed by atoms with Crippen LogP contribution in [0.25, 0.3) is 0 Å². The largest absolute Gasteiger partial charge is 0.382 e. The highest BCUT2D eigenvalue weighted by atomic mass is 14.9. The van der Waals surface area contributed by atoms with Crippen molar-refractivity contribution in [2.45, 2.75) is 64.0 Å². The molecule has 0 aliphatic heterocycles. The third-order valence-corrected chi connectivity index (χ3v) is 3.81. The molecule has 2 nitrogen and oxygen atoms in total. The van der Waals surface area contributed by atoms with E-state index in [4.69, 9.17) is 5.73 Å². The average Bonchev–Trinajstić information content (AvgIpc) is 2.28. The van der Waals surface area contributed by atoms with Gasteiger partial charge in [-0.1, -0.05) is 39.0 Å². The van der Waals surface area contributed by atoms with Crippen LogP contribution >= 0.6 is 0 Å². The summed E-state index contributed by atoms with van der Waals surface area (Å²) in [6, 6.07) is 9.57. The first-order valence-corrected chi connectivity index (χ1v) is 7.08. The number of hydrogen-bond donors (Lipinski definition) is 2. The van der Waals surface area contributed by atoms with Crippen LogP contribution < -0.4 is 11.1 Å². The van der Waals surface area contributed by atoms with Crippen molar-refractivity contribution in [3.8, 4) is 0 Å². The molecule has 1 aliphatic carbocycles. The standard InChI is InChI=1S/C16H26N2/c1-16(2,3)14-9-4-5-10-15(14)18-13-8-6-7-12(17)11-13/h4-5,9-10,12-13,18H,6-8,11,17H2,1-3H3. The highest BCUT2D eigenvalue weighted by molar-refractivity contribution is 5.54. The molecule has 2 rings (SSSR count). The van der Waals surface area contributed by atoms with Gasteiger partial charge in [0.25, 0.3) is 0 Å². The zero-order valence-corrected chi connectivity index (χ0v) is 11.9. The SMILES string of the molecule is CC(C)(C)c1ccccc1NC1CCCC(N)C1. The summed E-state index contributed by atoms with van der Waals surface area (Å²) in [5.41, 5.74) is 8.92. The number of nitrogens with two attached hydrogens (primary N) is 1. The highest BCUT2D eigenvalue weighted by Crippen LogP contribution is 2.31. The van der Waals surface area contributed by atoms with Gasteiger partial charge in [0, 0.05) is 17.8 Å². The molecule has 0 aromatic heterocycles. The number of para-hydroxylation sites is 1. The molecular formula is C16H26N2. The smallest absolute Gasteiger partial charge is 0.0380 e. The summed E-state index contributed by atoms with van der Waals surface area (Å²) in [5.74, 6) is 0. The van der Waals surface area contributed by atoms with E-state index in [1.54, 1.807) is 0 Å². The van der Waals surface area contributed by atoms with Gasteiger partial charge in [0.2, 0.25) is 0 Å². The van der Waals surface area contributed by atoms with Gasteiger partial charge in [-0.3, -0.25) is 0 Å². The van der Waals surface area contributed by atoms with Crippen LogP contribution in [0.2, 0.25) is 0 Å². The zero-order valence-electron chi connectivity index (χ0n) is 11.9. The van der Waals surface area contributed by atoms with Crippen molar-refractivity contribution in [2.75, 3.05) is 5.32 Å². The molecule has 1 aromatic rings. The van der Waals surface area contributed by atoms with Gasteiger partial charge < -0.3 is 11.1 Å². The van der Waals surface area contributed by atoms with Crippen LogP contribution in [0.4, 0.5) is 5.69 Å². The molecular weight excluding hydrogens is 220 g/mol. The predicted octanol–water partition coefficient (Wildman–Crippen LogP) is 3.67. The molecule has 3 N–H and O–H groups in total. The first kappa shape index (κ1) is 13.4. The second kappa shape index (κ2) is 5.31. The minimum atomic E-state index is 0.181. The summed E-state index contributed by atoms with van der Waals surface area (Å²) < 4.78 is 0. The van der Waals surface area contributed by atoms with Crippen molar-refractivity contribution in [1.29, 1.82) is 0 Å². The molecule has 0 spiro atoms. The number of hydrogen-bond acceptors (Lipinski definition) is 2. The summed E-state index contributed by atoms with van der Waals surface area (Å²) >= 11 is 0. The van der Waals surface area contributed by atoms with Crippen LogP contribution in [0, 0.1) is 0 Å².